The van der Waals surface area contributed by atoms with Crippen molar-refractivity contribution in [3.8, 4) is 11.5 Å². The van der Waals surface area contributed by atoms with Crippen molar-refractivity contribution in [3.63, 3.8) is 0 Å². The molecule has 24 heavy (non-hydrogen) atoms. The minimum absolute atomic E-state index is 0.0440. The Bertz CT molecular complexity index is 757. The predicted molar refractivity (Wildman–Crippen MR) is 87.5 cm³/mol. The lowest BCUT2D eigenvalue weighted by Crippen LogP contribution is -2.34. The largest absolute Gasteiger partial charge is 0.411 e. The Morgan fingerprint density at radius 2 is 2.12 bits per heavy atom. The van der Waals surface area contributed by atoms with Crippen molar-refractivity contribution in [1.82, 2.24) is 15.1 Å². The number of thioether (sulfide) groups is 1. The summed E-state index contributed by atoms with van der Waals surface area (Å²) in [5, 5.41) is 18.6. The highest BCUT2D eigenvalue weighted by molar-refractivity contribution is 8.00. The number of nitro groups is 1. The van der Waals surface area contributed by atoms with Crippen molar-refractivity contribution in [2.45, 2.75) is 30.2 Å². The fourth-order valence-electron chi connectivity index (χ4n) is 2.52. The second kappa shape index (κ2) is 7.00. The fraction of sp³-hybridized carbons (Fsp3) is 0.400. The SMILES string of the molecule is C[C@H](Sc1nnc(-c2cccc([N+](=O)[O-])c2)o1)C(=O)N1CCCC1. The first kappa shape index (κ1) is 16.4. The molecular formula is C15H16N4O4S. The van der Waals surface area contributed by atoms with E-state index < -0.39 is 4.92 Å². The van der Waals surface area contributed by atoms with E-state index in [-0.39, 0.29) is 28.0 Å². The van der Waals surface area contributed by atoms with Crippen molar-refractivity contribution >= 4 is 23.4 Å². The fourth-order valence-corrected chi connectivity index (χ4v) is 3.29. The monoisotopic (exact) mass is 348 g/mol. The predicted octanol–water partition coefficient (Wildman–Crippen LogP) is 2.75. The molecule has 1 amide bonds. The van der Waals surface area contributed by atoms with Gasteiger partial charge in [-0.3, -0.25) is 14.9 Å². The summed E-state index contributed by atoms with van der Waals surface area (Å²) in [6, 6.07) is 5.99. The molecule has 3 rings (SSSR count). The third kappa shape index (κ3) is 3.56. The zero-order valence-electron chi connectivity index (χ0n) is 13.0. The van der Waals surface area contributed by atoms with Crippen LogP contribution in [0.15, 0.2) is 33.9 Å². The lowest BCUT2D eigenvalue weighted by atomic mass is 10.2. The third-order valence-corrected chi connectivity index (χ3v) is 4.68. The Morgan fingerprint density at radius 1 is 1.38 bits per heavy atom. The van der Waals surface area contributed by atoms with Gasteiger partial charge in [0.2, 0.25) is 11.8 Å². The number of hydrogen-bond acceptors (Lipinski definition) is 7. The highest BCUT2D eigenvalue weighted by Crippen LogP contribution is 2.29. The first-order valence-corrected chi connectivity index (χ1v) is 8.46. The molecule has 0 saturated carbocycles. The van der Waals surface area contributed by atoms with Crippen LogP contribution in [0.1, 0.15) is 19.8 Å². The Balaban J connectivity index is 1.70. The molecule has 0 radical (unpaired) electrons. The molecule has 0 spiro atoms. The summed E-state index contributed by atoms with van der Waals surface area (Å²) < 4.78 is 5.54. The number of carbonyl (C=O) groups is 1. The molecule has 0 unspecified atom stereocenters. The molecule has 1 atom stereocenters. The Labute approximate surface area is 142 Å². The van der Waals surface area contributed by atoms with Crippen molar-refractivity contribution in [2.75, 3.05) is 13.1 Å². The van der Waals surface area contributed by atoms with E-state index in [1.807, 2.05) is 11.8 Å². The van der Waals surface area contributed by atoms with Gasteiger partial charge in [-0.1, -0.05) is 17.8 Å². The number of aromatic nitrogens is 2. The van der Waals surface area contributed by atoms with Gasteiger partial charge in [0.25, 0.3) is 10.9 Å². The molecular weight excluding hydrogens is 332 g/mol. The van der Waals surface area contributed by atoms with E-state index in [4.69, 9.17) is 4.42 Å². The smallest absolute Gasteiger partial charge is 0.277 e. The van der Waals surface area contributed by atoms with Gasteiger partial charge in [0.15, 0.2) is 0 Å². The van der Waals surface area contributed by atoms with Crippen molar-refractivity contribution in [3.05, 3.63) is 34.4 Å². The average molecular weight is 348 g/mol. The molecule has 2 aromatic rings. The maximum atomic E-state index is 12.3. The van der Waals surface area contributed by atoms with Crippen molar-refractivity contribution in [2.24, 2.45) is 0 Å². The number of likely N-dealkylation sites (tertiary alicyclic amines) is 1. The topological polar surface area (TPSA) is 102 Å². The normalized spacial score (nSPS) is 15.5. The first-order valence-electron chi connectivity index (χ1n) is 7.58. The summed E-state index contributed by atoms with van der Waals surface area (Å²) in [5.41, 5.74) is 0.430. The molecule has 1 aromatic heterocycles. The van der Waals surface area contributed by atoms with Gasteiger partial charge in [-0.25, -0.2) is 0 Å². The number of hydrogen-bond donors (Lipinski definition) is 0. The van der Waals surface area contributed by atoms with Gasteiger partial charge in [-0.2, -0.15) is 0 Å². The molecule has 2 heterocycles. The molecule has 1 saturated heterocycles. The third-order valence-electron chi connectivity index (χ3n) is 3.75. The Hall–Kier alpha value is -2.42. The highest BCUT2D eigenvalue weighted by atomic mass is 32.2. The number of amides is 1. The van der Waals surface area contributed by atoms with E-state index in [0.717, 1.165) is 25.9 Å². The van der Waals surface area contributed by atoms with E-state index in [9.17, 15) is 14.9 Å². The molecule has 0 aliphatic carbocycles. The minimum atomic E-state index is -0.480. The number of non-ortho nitro benzene ring substituents is 1. The van der Waals surface area contributed by atoms with Crippen LogP contribution in [0.3, 0.4) is 0 Å². The summed E-state index contributed by atoms with van der Waals surface area (Å²) in [5.74, 6) is 0.259. The van der Waals surface area contributed by atoms with Crippen LogP contribution in [0.2, 0.25) is 0 Å². The van der Waals surface area contributed by atoms with Gasteiger partial charge >= 0.3 is 0 Å². The van der Waals surface area contributed by atoms with E-state index in [1.165, 1.54) is 23.9 Å². The quantitative estimate of drug-likeness (QED) is 0.465. The first-order chi connectivity index (χ1) is 11.5. The van der Waals surface area contributed by atoms with Gasteiger partial charge < -0.3 is 9.32 Å². The van der Waals surface area contributed by atoms with Gasteiger partial charge in [0.05, 0.1) is 10.2 Å². The summed E-state index contributed by atoms with van der Waals surface area (Å²) in [6.45, 7) is 3.40. The van der Waals surface area contributed by atoms with Gasteiger partial charge in [0.1, 0.15) is 0 Å². The van der Waals surface area contributed by atoms with Crippen LogP contribution in [0.25, 0.3) is 11.5 Å². The van der Waals surface area contributed by atoms with Crippen molar-refractivity contribution in [1.29, 1.82) is 0 Å². The maximum absolute atomic E-state index is 12.3. The second-order valence-electron chi connectivity index (χ2n) is 5.47. The van der Waals surface area contributed by atoms with Crippen LogP contribution in [0.4, 0.5) is 5.69 Å². The zero-order valence-corrected chi connectivity index (χ0v) is 13.9. The van der Waals surface area contributed by atoms with Gasteiger partial charge in [0, 0.05) is 30.8 Å². The highest BCUT2D eigenvalue weighted by Gasteiger charge is 2.25. The Kier molecular flexibility index (Phi) is 4.79. The average Bonchev–Trinajstić information content (AvgIpc) is 3.26. The molecule has 1 aliphatic rings. The number of carbonyl (C=O) groups excluding carboxylic acids is 1. The molecule has 126 valence electrons. The summed E-state index contributed by atoms with van der Waals surface area (Å²) in [6.07, 6.45) is 2.08. The molecule has 0 N–H and O–H groups in total. The number of nitrogens with zero attached hydrogens (tertiary/aromatic N) is 4. The minimum Gasteiger partial charge on any atom is -0.411 e. The van der Waals surface area contributed by atoms with Crippen LogP contribution < -0.4 is 0 Å². The number of nitro benzene ring substituents is 1. The van der Waals surface area contributed by atoms with Crippen LogP contribution in [0.5, 0.6) is 0 Å². The van der Waals surface area contributed by atoms with E-state index in [2.05, 4.69) is 10.2 Å². The van der Waals surface area contributed by atoms with Crippen molar-refractivity contribution < 1.29 is 14.1 Å². The van der Waals surface area contributed by atoms with Crippen LogP contribution in [-0.2, 0) is 4.79 Å². The summed E-state index contributed by atoms with van der Waals surface area (Å²) >= 11 is 1.20. The van der Waals surface area contributed by atoms with Gasteiger partial charge in [-0.05, 0) is 25.8 Å². The standard InChI is InChI=1S/C15H16N4O4S/c1-10(14(20)18-7-2-3-8-18)24-15-17-16-13(23-15)11-5-4-6-12(9-11)19(21)22/h4-6,9-10H,2-3,7-8H2,1H3/t10-/m0/s1. The molecule has 8 nitrogen and oxygen atoms in total. The maximum Gasteiger partial charge on any atom is 0.277 e. The van der Waals surface area contributed by atoms with Crippen LogP contribution >= 0.6 is 11.8 Å². The summed E-state index contributed by atoms with van der Waals surface area (Å²) in [7, 11) is 0. The Morgan fingerprint density at radius 3 is 2.83 bits per heavy atom. The number of benzene rings is 1. The lowest BCUT2D eigenvalue weighted by Gasteiger charge is -2.18. The van der Waals surface area contributed by atoms with Crippen LogP contribution in [0, 0.1) is 10.1 Å². The molecule has 1 fully saturated rings. The number of rotatable bonds is 5. The zero-order chi connectivity index (χ0) is 17.1. The second-order valence-corrected chi connectivity index (χ2v) is 6.77. The van der Waals surface area contributed by atoms with E-state index >= 15 is 0 Å². The van der Waals surface area contributed by atoms with Crippen LogP contribution in [-0.4, -0.2) is 44.3 Å². The molecule has 0 bridgehead atoms. The van der Waals surface area contributed by atoms with E-state index in [1.54, 1.807) is 12.1 Å². The molecule has 1 aliphatic heterocycles. The molecule has 1 aromatic carbocycles. The van der Waals surface area contributed by atoms with Gasteiger partial charge in [-0.15, -0.1) is 10.2 Å². The molecule has 9 heteroatoms. The summed E-state index contributed by atoms with van der Waals surface area (Å²) in [4.78, 5) is 24.5. The van der Waals surface area contributed by atoms with E-state index in [0.29, 0.717) is 5.56 Å². The lowest BCUT2D eigenvalue weighted by molar-refractivity contribution is -0.384.